The molecule has 0 fully saturated rings. The summed E-state index contributed by atoms with van der Waals surface area (Å²) in [6.07, 6.45) is 3.48. The van der Waals surface area contributed by atoms with Crippen molar-refractivity contribution in [3.63, 3.8) is 0 Å². The predicted octanol–water partition coefficient (Wildman–Crippen LogP) is 3.67. The molecule has 1 aliphatic heterocycles. The molecule has 0 bridgehead atoms. The van der Waals surface area contributed by atoms with Crippen LogP contribution in [0.1, 0.15) is 18.5 Å². The minimum Gasteiger partial charge on any atom is -0.497 e. The molecule has 0 saturated heterocycles. The van der Waals surface area contributed by atoms with Gasteiger partial charge in [-0.3, -0.25) is 0 Å². The van der Waals surface area contributed by atoms with E-state index in [-0.39, 0.29) is 0 Å². The summed E-state index contributed by atoms with van der Waals surface area (Å²) < 4.78 is 13.9. The van der Waals surface area contributed by atoms with Crippen molar-refractivity contribution in [1.29, 1.82) is 0 Å². The van der Waals surface area contributed by atoms with E-state index < -0.39 is 0 Å². The fraction of sp³-hybridized carbons (Fsp3) is 0.400. The molecule has 106 valence electrons. The lowest BCUT2D eigenvalue weighted by molar-refractivity contribution is 0.395. The van der Waals surface area contributed by atoms with Crippen molar-refractivity contribution in [2.24, 2.45) is 0 Å². The number of rotatable bonds is 3. The monoisotopic (exact) mass is 336 g/mol. The molecule has 0 aliphatic carbocycles. The van der Waals surface area contributed by atoms with E-state index >= 15 is 0 Å². The maximum atomic E-state index is 5.50. The van der Waals surface area contributed by atoms with Gasteiger partial charge in [-0.15, -0.1) is 0 Å². The normalized spacial score (nSPS) is 13.9. The molecule has 0 spiro atoms. The highest BCUT2D eigenvalue weighted by Gasteiger charge is 2.22. The van der Waals surface area contributed by atoms with E-state index in [9.17, 15) is 0 Å². The Hall–Kier alpha value is -1.49. The van der Waals surface area contributed by atoms with E-state index in [2.05, 4.69) is 25.5 Å². The van der Waals surface area contributed by atoms with Crippen LogP contribution in [0.15, 0.2) is 22.9 Å². The van der Waals surface area contributed by atoms with Gasteiger partial charge in [-0.25, -0.2) is 4.98 Å². The number of hydrogen-bond donors (Lipinski definition) is 0. The molecule has 1 aromatic heterocycles. The van der Waals surface area contributed by atoms with Crippen molar-refractivity contribution < 1.29 is 9.47 Å². The molecule has 4 nitrogen and oxygen atoms in total. The third-order valence-corrected chi connectivity index (χ3v) is 4.34. The molecule has 2 heterocycles. The molecule has 0 N–H and O–H groups in total. The molecule has 2 aromatic rings. The number of fused-ring (bicyclic) bond motifs is 1. The number of nitrogens with zero attached hydrogens (tertiary/aromatic N) is 2. The van der Waals surface area contributed by atoms with Crippen molar-refractivity contribution in [3.8, 4) is 22.8 Å². The molecular formula is C15H17BrN2O2. The Morgan fingerprint density at radius 1 is 1.20 bits per heavy atom. The van der Waals surface area contributed by atoms with Crippen LogP contribution < -0.4 is 9.47 Å². The molecular weight excluding hydrogens is 320 g/mol. The van der Waals surface area contributed by atoms with Crippen LogP contribution in [0, 0.1) is 0 Å². The average Bonchev–Trinajstić information content (AvgIpc) is 2.84. The summed E-state index contributed by atoms with van der Waals surface area (Å²) in [7, 11) is 3.33. The molecule has 1 aliphatic rings. The third-order valence-electron chi connectivity index (χ3n) is 3.74. The third kappa shape index (κ3) is 2.20. The van der Waals surface area contributed by atoms with Gasteiger partial charge in [0.25, 0.3) is 0 Å². The molecule has 0 saturated carbocycles. The number of halogens is 1. The van der Waals surface area contributed by atoms with Crippen LogP contribution in [0.5, 0.6) is 11.5 Å². The van der Waals surface area contributed by atoms with Gasteiger partial charge in [0, 0.05) is 23.9 Å². The summed E-state index contributed by atoms with van der Waals surface area (Å²) in [5.74, 6) is 1.58. The summed E-state index contributed by atoms with van der Waals surface area (Å²) in [5.41, 5.74) is 3.31. The van der Waals surface area contributed by atoms with Gasteiger partial charge >= 0.3 is 0 Å². The van der Waals surface area contributed by atoms with E-state index in [1.165, 1.54) is 18.5 Å². The molecule has 5 heteroatoms. The minimum atomic E-state index is 0.790. The Morgan fingerprint density at radius 2 is 2.05 bits per heavy atom. The molecule has 20 heavy (non-hydrogen) atoms. The average molecular weight is 337 g/mol. The molecule has 0 unspecified atom stereocenters. The first-order valence-corrected chi connectivity index (χ1v) is 7.51. The zero-order valence-electron chi connectivity index (χ0n) is 11.6. The summed E-state index contributed by atoms with van der Waals surface area (Å²) in [6, 6.07) is 5.86. The Labute approximate surface area is 126 Å². The summed E-state index contributed by atoms with van der Waals surface area (Å²) in [6.45, 7) is 1.03. The summed E-state index contributed by atoms with van der Waals surface area (Å²) >= 11 is 3.56. The second-order valence-corrected chi connectivity index (χ2v) is 5.56. The number of ether oxygens (including phenoxy) is 2. The van der Waals surface area contributed by atoms with Gasteiger partial charge in [0.2, 0.25) is 0 Å². The van der Waals surface area contributed by atoms with Crippen molar-refractivity contribution in [1.82, 2.24) is 9.55 Å². The van der Waals surface area contributed by atoms with Gasteiger partial charge in [-0.05, 0) is 47.3 Å². The van der Waals surface area contributed by atoms with Crippen LogP contribution in [0.4, 0.5) is 0 Å². The lowest BCUT2D eigenvalue weighted by atomic mass is 10.0. The van der Waals surface area contributed by atoms with E-state index in [0.717, 1.165) is 40.5 Å². The maximum absolute atomic E-state index is 5.50. The molecule has 1 aromatic carbocycles. The first-order chi connectivity index (χ1) is 9.74. The summed E-state index contributed by atoms with van der Waals surface area (Å²) in [4.78, 5) is 4.69. The highest BCUT2D eigenvalue weighted by atomic mass is 79.9. The van der Waals surface area contributed by atoms with Gasteiger partial charge in [0.1, 0.15) is 11.5 Å². The quantitative estimate of drug-likeness (QED) is 0.858. The number of methoxy groups -OCH3 is 2. The predicted molar refractivity (Wildman–Crippen MR) is 81.4 cm³/mol. The van der Waals surface area contributed by atoms with Gasteiger partial charge < -0.3 is 14.0 Å². The lowest BCUT2D eigenvalue weighted by Crippen LogP contribution is -2.10. The highest BCUT2D eigenvalue weighted by molar-refractivity contribution is 9.10. The fourth-order valence-electron chi connectivity index (χ4n) is 2.71. The standard InChI is InChI=1S/C15H17BrN2O2/c1-19-10-6-7-11(13(9-10)20-2)14-12-5-3-4-8-18(12)15(16)17-14/h6-7,9H,3-5,8H2,1-2H3. The Balaban J connectivity index is 2.13. The number of benzene rings is 1. The molecule has 0 radical (unpaired) electrons. The number of hydrogen-bond acceptors (Lipinski definition) is 3. The topological polar surface area (TPSA) is 36.3 Å². The van der Waals surface area contributed by atoms with Crippen molar-refractivity contribution >= 4 is 15.9 Å². The lowest BCUT2D eigenvalue weighted by Gasteiger charge is -2.16. The minimum absolute atomic E-state index is 0.790. The SMILES string of the molecule is COc1ccc(-c2nc(Br)n3c2CCCC3)c(OC)c1. The number of aromatic nitrogens is 2. The van der Waals surface area contributed by atoms with Crippen molar-refractivity contribution in [2.75, 3.05) is 14.2 Å². The molecule has 0 amide bonds. The summed E-state index contributed by atoms with van der Waals surface area (Å²) in [5, 5.41) is 0. The second kappa shape index (κ2) is 5.48. The van der Waals surface area contributed by atoms with Gasteiger partial charge in [0.15, 0.2) is 4.73 Å². The first kappa shape index (κ1) is 13.5. The smallest absolute Gasteiger partial charge is 0.177 e. The van der Waals surface area contributed by atoms with E-state index in [1.54, 1.807) is 14.2 Å². The Kier molecular flexibility index (Phi) is 3.70. The van der Waals surface area contributed by atoms with Gasteiger partial charge in [0.05, 0.1) is 19.9 Å². The molecule has 3 rings (SSSR count). The van der Waals surface area contributed by atoms with Crippen LogP contribution in [-0.2, 0) is 13.0 Å². The number of imidazole rings is 1. The Morgan fingerprint density at radius 3 is 2.80 bits per heavy atom. The largest absolute Gasteiger partial charge is 0.497 e. The fourth-order valence-corrected chi connectivity index (χ4v) is 3.28. The second-order valence-electron chi connectivity index (χ2n) is 4.85. The van der Waals surface area contributed by atoms with E-state index in [0.29, 0.717) is 0 Å². The first-order valence-electron chi connectivity index (χ1n) is 6.72. The van der Waals surface area contributed by atoms with Crippen LogP contribution in [-0.4, -0.2) is 23.8 Å². The van der Waals surface area contributed by atoms with Gasteiger partial charge in [-0.1, -0.05) is 0 Å². The van der Waals surface area contributed by atoms with Crippen molar-refractivity contribution in [2.45, 2.75) is 25.8 Å². The van der Waals surface area contributed by atoms with E-state index in [4.69, 9.17) is 9.47 Å². The van der Waals surface area contributed by atoms with Crippen molar-refractivity contribution in [3.05, 3.63) is 28.6 Å². The zero-order chi connectivity index (χ0) is 14.1. The zero-order valence-corrected chi connectivity index (χ0v) is 13.2. The van der Waals surface area contributed by atoms with Crippen LogP contribution in [0.3, 0.4) is 0 Å². The van der Waals surface area contributed by atoms with E-state index in [1.807, 2.05) is 18.2 Å². The Bertz CT molecular complexity index is 637. The maximum Gasteiger partial charge on any atom is 0.177 e. The van der Waals surface area contributed by atoms with Gasteiger partial charge in [-0.2, -0.15) is 0 Å². The molecule has 0 atom stereocenters. The van der Waals surface area contributed by atoms with Crippen LogP contribution in [0.2, 0.25) is 0 Å². The highest BCUT2D eigenvalue weighted by Crippen LogP contribution is 2.37. The van der Waals surface area contributed by atoms with Crippen LogP contribution in [0.25, 0.3) is 11.3 Å². The van der Waals surface area contributed by atoms with Crippen LogP contribution >= 0.6 is 15.9 Å².